The lowest BCUT2D eigenvalue weighted by Crippen LogP contribution is -2.46. The molecule has 1 amide bonds. The third kappa shape index (κ3) is 4.80. The van der Waals surface area contributed by atoms with Crippen LogP contribution in [0.1, 0.15) is 11.4 Å². The van der Waals surface area contributed by atoms with Crippen LogP contribution in [0.4, 0.5) is 5.69 Å². The molecule has 7 heteroatoms. The number of hydrogen-bond donors (Lipinski definition) is 3. The molecular weight excluding hydrogens is 268 g/mol. The van der Waals surface area contributed by atoms with Crippen LogP contribution in [-0.2, 0) is 4.79 Å². The van der Waals surface area contributed by atoms with Crippen LogP contribution in [0.2, 0.25) is 0 Å². The molecule has 0 aliphatic carbocycles. The Hall–Kier alpha value is -1.44. The molecule has 1 fully saturated rings. The number of piperazine rings is 1. The molecule has 7 nitrogen and oxygen atoms in total. The highest BCUT2D eigenvalue weighted by Gasteiger charge is 2.14. The highest BCUT2D eigenvalue weighted by atomic mass is 16.2. The maximum atomic E-state index is 12.1. The van der Waals surface area contributed by atoms with Crippen LogP contribution >= 0.6 is 0 Å². The van der Waals surface area contributed by atoms with Crippen LogP contribution in [0.25, 0.3) is 0 Å². The summed E-state index contributed by atoms with van der Waals surface area (Å²) in [6.07, 6.45) is 0. The lowest BCUT2D eigenvalue weighted by atomic mass is 10.3. The molecule has 0 bridgehead atoms. The average Bonchev–Trinajstić information content (AvgIpc) is 2.78. The maximum Gasteiger partial charge on any atom is 0.238 e. The lowest BCUT2D eigenvalue weighted by molar-refractivity contribution is -0.117. The maximum absolute atomic E-state index is 12.1. The van der Waals surface area contributed by atoms with E-state index >= 15 is 0 Å². The first-order valence-corrected chi connectivity index (χ1v) is 7.49. The summed E-state index contributed by atoms with van der Waals surface area (Å²) < 4.78 is 0. The summed E-state index contributed by atoms with van der Waals surface area (Å²) >= 11 is 0. The van der Waals surface area contributed by atoms with E-state index < -0.39 is 0 Å². The van der Waals surface area contributed by atoms with Gasteiger partial charge >= 0.3 is 0 Å². The van der Waals surface area contributed by atoms with E-state index in [-0.39, 0.29) is 5.91 Å². The summed E-state index contributed by atoms with van der Waals surface area (Å²) in [6, 6.07) is 0. The predicted molar refractivity (Wildman–Crippen MR) is 83.5 cm³/mol. The van der Waals surface area contributed by atoms with Gasteiger partial charge in [0.05, 0.1) is 23.6 Å². The molecule has 1 aromatic heterocycles. The normalized spacial score (nSPS) is 16.4. The van der Waals surface area contributed by atoms with Gasteiger partial charge in [-0.3, -0.25) is 19.7 Å². The van der Waals surface area contributed by atoms with Gasteiger partial charge < -0.3 is 10.6 Å². The van der Waals surface area contributed by atoms with Crippen LogP contribution in [-0.4, -0.2) is 78.8 Å². The molecule has 0 radical (unpaired) electrons. The Bertz CT molecular complexity index is 447. The van der Waals surface area contributed by atoms with E-state index in [0.29, 0.717) is 6.54 Å². The minimum absolute atomic E-state index is 0.00501. The quantitative estimate of drug-likeness (QED) is 0.677. The second kappa shape index (κ2) is 7.53. The Morgan fingerprint density at radius 3 is 2.71 bits per heavy atom. The number of nitrogens with zero attached hydrogens (tertiary/aromatic N) is 3. The number of hydrogen-bond acceptors (Lipinski definition) is 5. The van der Waals surface area contributed by atoms with E-state index in [1.54, 1.807) is 0 Å². The predicted octanol–water partition coefficient (Wildman–Crippen LogP) is -0.198. The number of carbonyl (C=O) groups excluding carboxylic acids is 1. The molecule has 1 saturated heterocycles. The topological polar surface area (TPSA) is 76.3 Å². The number of amides is 1. The molecule has 2 rings (SSSR count). The molecule has 1 aromatic rings. The fourth-order valence-electron chi connectivity index (χ4n) is 2.49. The van der Waals surface area contributed by atoms with Crippen LogP contribution in [0, 0.1) is 13.8 Å². The van der Waals surface area contributed by atoms with Gasteiger partial charge in [-0.2, -0.15) is 5.10 Å². The summed E-state index contributed by atoms with van der Waals surface area (Å²) in [7, 11) is 1.98. The van der Waals surface area contributed by atoms with Gasteiger partial charge in [0.1, 0.15) is 0 Å². The molecule has 3 N–H and O–H groups in total. The fourth-order valence-corrected chi connectivity index (χ4v) is 2.49. The molecule has 1 aliphatic rings. The van der Waals surface area contributed by atoms with Crippen molar-refractivity contribution in [2.45, 2.75) is 13.8 Å². The summed E-state index contributed by atoms with van der Waals surface area (Å²) in [5.74, 6) is 0.00501. The molecule has 0 aromatic carbocycles. The average molecular weight is 294 g/mol. The summed E-state index contributed by atoms with van der Waals surface area (Å²) in [4.78, 5) is 16.5. The van der Waals surface area contributed by atoms with Crippen molar-refractivity contribution in [1.82, 2.24) is 25.3 Å². The Balaban J connectivity index is 1.71. The van der Waals surface area contributed by atoms with Gasteiger partial charge in [-0.25, -0.2) is 0 Å². The first kappa shape index (κ1) is 15.9. The zero-order chi connectivity index (χ0) is 15.2. The highest BCUT2D eigenvalue weighted by molar-refractivity contribution is 5.93. The van der Waals surface area contributed by atoms with Gasteiger partial charge in [0.2, 0.25) is 5.91 Å². The molecule has 0 unspecified atom stereocenters. The van der Waals surface area contributed by atoms with E-state index in [0.717, 1.165) is 56.3 Å². The van der Waals surface area contributed by atoms with Gasteiger partial charge in [0, 0.05) is 39.3 Å². The van der Waals surface area contributed by atoms with E-state index in [9.17, 15) is 4.79 Å². The van der Waals surface area contributed by atoms with Gasteiger partial charge in [-0.1, -0.05) is 0 Å². The zero-order valence-corrected chi connectivity index (χ0v) is 13.2. The number of aromatic amines is 1. The minimum Gasteiger partial charge on any atom is -0.322 e. The number of aromatic nitrogens is 2. The largest absolute Gasteiger partial charge is 0.322 e. The monoisotopic (exact) mass is 294 g/mol. The second-order valence-electron chi connectivity index (χ2n) is 5.69. The van der Waals surface area contributed by atoms with E-state index in [4.69, 9.17) is 0 Å². The van der Waals surface area contributed by atoms with E-state index in [2.05, 4.69) is 30.6 Å². The third-order valence-electron chi connectivity index (χ3n) is 3.81. The molecule has 2 heterocycles. The Labute approximate surface area is 126 Å². The molecule has 1 aliphatic heterocycles. The summed E-state index contributed by atoms with van der Waals surface area (Å²) in [5.41, 5.74) is 2.52. The SMILES string of the molecule is Cc1n[nH]c(C)c1NC(=O)CN(C)CCN1CCNCC1. The highest BCUT2D eigenvalue weighted by Crippen LogP contribution is 2.15. The van der Waals surface area contributed by atoms with Crippen LogP contribution in [0.3, 0.4) is 0 Å². The number of carbonyl (C=O) groups is 1. The van der Waals surface area contributed by atoms with Crippen molar-refractivity contribution in [3.63, 3.8) is 0 Å². The van der Waals surface area contributed by atoms with E-state index in [1.807, 2.05) is 20.9 Å². The van der Waals surface area contributed by atoms with Crippen molar-refractivity contribution in [2.24, 2.45) is 0 Å². The minimum atomic E-state index is 0.00501. The molecular formula is C14H26N6O. The number of rotatable bonds is 6. The Kier molecular flexibility index (Phi) is 5.72. The molecule has 21 heavy (non-hydrogen) atoms. The number of anilines is 1. The van der Waals surface area contributed by atoms with Crippen molar-refractivity contribution in [2.75, 3.05) is 58.2 Å². The van der Waals surface area contributed by atoms with Crippen molar-refractivity contribution in [3.8, 4) is 0 Å². The lowest BCUT2D eigenvalue weighted by Gasteiger charge is -2.28. The summed E-state index contributed by atoms with van der Waals surface area (Å²) in [6.45, 7) is 10.4. The van der Waals surface area contributed by atoms with Crippen LogP contribution < -0.4 is 10.6 Å². The van der Waals surface area contributed by atoms with E-state index in [1.165, 1.54) is 0 Å². The summed E-state index contributed by atoms with van der Waals surface area (Å²) in [5, 5.41) is 13.2. The second-order valence-corrected chi connectivity index (χ2v) is 5.69. The fraction of sp³-hybridized carbons (Fsp3) is 0.714. The molecule has 0 saturated carbocycles. The van der Waals surface area contributed by atoms with Gasteiger partial charge in [0.15, 0.2) is 0 Å². The molecule has 118 valence electrons. The first-order valence-electron chi connectivity index (χ1n) is 7.49. The number of aryl methyl sites for hydroxylation is 2. The molecule has 0 atom stereocenters. The van der Waals surface area contributed by atoms with Crippen molar-refractivity contribution >= 4 is 11.6 Å². The first-order chi connectivity index (χ1) is 10.1. The van der Waals surface area contributed by atoms with Gasteiger partial charge in [0.25, 0.3) is 0 Å². The Morgan fingerprint density at radius 2 is 2.10 bits per heavy atom. The number of H-pyrrole nitrogens is 1. The zero-order valence-electron chi connectivity index (χ0n) is 13.2. The van der Waals surface area contributed by atoms with Crippen molar-refractivity contribution < 1.29 is 4.79 Å². The van der Waals surface area contributed by atoms with Gasteiger partial charge in [-0.15, -0.1) is 0 Å². The standard InChI is InChI=1S/C14H26N6O/c1-11-14(12(2)18-17-11)16-13(21)10-19(3)8-9-20-6-4-15-5-7-20/h15H,4-10H2,1-3H3,(H,16,21)(H,17,18). The third-order valence-corrected chi connectivity index (χ3v) is 3.81. The van der Waals surface area contributed by atoms with Crippen LogP contribution in [0.5, 0.6) is 0 Å². The van der Waals surface area contributed by atoms with Crippen molar-refractivity contribution in [3.05, 3.63) is 11.4 Å². The van der Waals surface area contributed by atoms with Crippen molar-refractivity contribution in [1.29, 1.82) is 0 Å². The van der Waals surface area contributed by atoms with Crippen LogP contribution in [0.15, 0.2) is 0 Å². The Morgan fingerprint density at radius 1 is 1.38 bits per heavy atom. The smallest absolute Gasteiger partial charge is 0.238 e. The van der Waals surface area contributed by atoms with Gasteiger partial charge in [-0.05, 0) is 20.9 Å². The number of nitrogens with one attached hydrogen (secondary N) is 3. The number of likely N-dealkylation sites (N-methyl/N-ethyl adjacent to an activating group) is 1. The molecule has 0 spiro atoms.